The normalized spacial score (nSPS) is 25.0. The molecule has 0 saturated heterocycles. The molecule has 21 heavy (non-hydrogen) atoms. The maximum atomic E-state index is 9.82. The Morgan fingerprint density at radius 3 is 2.67 bits per heavy atom. The van der Waals surface area contributed by atoms with Crippen LogP contribution in [0.5, 0.6) is 0 Å². The van der Waals surface area contributed by atoms with Crippen LogP contribution in [-0.4, -0.2) is 62.4 Å². The molecule has 0 bridgehead atoms. The van der Waals surface area contributed by atoms with Crippen LogP contribution >= 0.6 is 0 Å². The second-order valence-electron chi connectivity index (χ2n) is 5.97. The molecule has 1 rings (SSSR count). The number of rotatable bonds is 11. The molecule has 0 saturated carbocycles. The Bertz CT molecular complexity index is 285. The molecule has 1 aliphatic carbocycles. The van der Waals surface area contributed by atoms with E-state index in [4.69, 9.17) is 9.47 Å². The standard InChI is InChI=1S/C16H31NO4/c1-13-5-3-4-6-14(13)10-21-12-16(19)9-17-8-7-15(18)11-20-2/h3-4,13-19H,5-12H2,1-2H3. The first-order valence-corrected chi connectivity index (χ1v) is 7.92. The van der Waals surface area contributed by atoms with Gasteiger partial charge < -0.3 is 25.0 Å². The van der Waals surface area contributed by atoms with Gasteiger partial charge >= 0.3 is 0 Å². The first-order chi connectivity index (χ1) is 10.1. The van der Waals surface area contributed by atoms with E-state index in [1.807, 2.05) is 0 Å². The summed E-state index contributed by atoms with van der Waals surface area (Å²) in [5, 5.41) is 22.4. The van der Waals surface area contributed by atoms with Crippen molar-refractivity contribution in [1.29, 1.82) is 0 Å². The van der Waals surface area contributed by atoms with Gasteiger partial charge in [-0.1, -0.05) is 19.1 Å². The van der Waals surface area contributed by atoms with Crippen molar-refractivity contribution in [3.8, 4) is 0 Å². The van der Waals surface area contributed by atoms with E-state index in [1.54, 1.807) is 7.11 Å². The molecule has 0 aromatic heterocycles. The molecule has 1 aliphatic rings. The maximum absolute atomic E-state index is 9.82. The number of aliphatic hydroxyl groups is 2. The van der Waals surface area contributed by atoms with Gasteiger partial charge in [0.1, 0.15) is 0 Å². The fourth-order valence-corrected chi connectivity index (χ4v) is 2.47. The Hall–Kier alpha value is -0.460. The van der Waals surface area contributed by atoms with Crippen LogP contribution in [0.15, 0.2) is 12.2 Å². The summed E-state index contributed by atoms with van der Waals surface area (Å²) in [5.41, 5.74) is 0. The lowest BCUT2D eigenvalue weighted by Gasteiger charge is -2.25. The minimum atomic E-state index is -0.501. The van der Waals surface area contributed by atoms with Crippen LogP contribution in [0.25, 0.3) is 0 Å². The average molecular weight is 301 g/mol. The third-order valence-corrected chi connectivity index (χ3v) is 3.95. The molecule has 0 fully saturated rings. The van der Waals surface area contributed by atoms with E-state index < -0.39 is 12.2 Å². The van der Waals surface area contributed by atoms with E-state index in [1.165, 1.54) is 0 Å². The number of hydrogen-bond acceptors (Lipinski definition) is 5. The quantitative estimate of drug-likeness (QED) is 0.391. The molecule has 0 aromatic carbocycles. The molecule has 5 nitrogen and oxygen atoms in total. The highest BCUT2D eigenvalue weighted by atomic mass is 16.5. The van der Waals surface area contributed by atoms with Gasteiger partial charge in [-0.3, -0.25) is 0 Å². The first-order valence-electron chi connectivity index (χ1n) is 7.92. The van der Waals surface area contributed by atoms with Gasteiger partial charge in [0.15, 0.2) is 0 Å². The summed E-state index contributed by atoms with van der Waals surface area (Å²) in [7, 11) is 1.57. The molecule has 0 heterocycles. The van der Waals surface area contributed by atoms with Crippen molar-refractivity contribution in [2.45, 2.75) is 38.4 Å². The average Bonchev–Trinajstić information content (AvgIpc) is 2.46. The summed E-state index contributed by atoms with van der Waals surface area (Å²) < 4.78 is 10.5. The van der Waals surface area contributed by atoms with E-state index >= 15 is 0 Å². The van der Waals surface area contributed by atoms with Gasteiger partial charge in [0.2, 0.25) is 0 Å². The largest absolute Gasteiger partial charge is 0.391 e. The zero-order valence-corrected chi connectivity index (χ0v) is 13.3. The molecule has 4 atom stereocenters. The summed E-state index contributed by atoms with van der Waals surface area (Å²) in [6.45, 7) is 4.82. The Morgan fingerprint density at radius 2 is 1.95 bits per heavy atom. The van der Waals surface area contributed by atoms with Crippen LogP contribution in [0.2, 0.25) is 0 Å². The summed E-state index contributed by atoms with van der Waals surface area (Å²) in [6, 6.07) is 0. The van der Waals surface area contributed by atoms with Crippen molar-refractivity contribution in [3.63, 3.8) is 0 Å². The van der Waals surface area contributed by atoms with Crippen molar-refractivity contribution in [3.05, 3.63) is 12.2 Å². The van der Waals surface area contributed by atoms with Gasteiger partial charge in [0.05, 0.1) is 32.0 Å². The molecule has 124 valence electrons. The highest BCUT2D eigenvalue weighted by Gasteiger charge is 2.18. The Balaban J connectivity index is 1.98. The van der Waals surface area contributed by atoms with E-state index in [2.05, 4.69) is 24.4 Å². The third-order valence-electron chi connectivity index (χ3n) is 3.95. The molecule has 0 amide bonds. The van der Waals surface area contributed by atoms with Gasteiger partial charge in [0.25, 0.3) is 0 Å². The van der Waals surface area contributed by atoms with Gasteiger partial charge in [-0.15, -0.1) is 0 Å². The molecule has 0 radical (unpaired) electrons. The fraction of sp³-hybridized carbons (Fsp3) is 0.875. The number of aliphatic hydroxyl groups excluding tert-OH is 2. The topological polar surface area (TPSA) is 71.0 Å². The predicted octanol–water partition coefficient (Wildman–Crippen LogP) is 0.953. The molecule has 0 aromatic rings. The Labute approximate surface area is 128 Å². The monoisotopic (exact) mass is 301 g/mol. The number of nitrogens with one attached hydrogen (secondary N) is 1. The third kappa shape index (κ3) is 8.53. The van der Waals surface area contributed by atoms with Crippen molar-refractivity contribution in [1.82, 2.24) is 5.32 Å². The Kier molecular flexibility index (Phi) is 9.87. The summed E-state index contributed by atoms with van der Waals surface area (Å²) in [5.74, 6) is 1.23. The lowest BCUT2D eigenvalue weighted by Crippen LogP contribution is -2.33. The lowest BCUT2D eigenvalue weighted by molar-refractivity contribution is 0.0121. The first kappa shape index (κ1) is 18.6. The van der Waals surface area contributed by atoms with Crippen LogP contribution < -0.4 is 5.32 Å². The number of ether oxygens (including phenoxy) is 2. The number of allylic oxidation sites excluding steroid dienone is 2. The van der Waals surface area contributed by atoms with E-state index in [9.17, 15) is 10.2 Å². The van der Waals surface area contributed by atoms with Crippen LogP contribution in [0, 0.1) is 11.8 Å². The van der Waals surface area contributed by atoms with E-state index in [0.717, 1.165) is 19.4 Å². The predicted molar refractivity (Wildman–Crippen MR) is 83.2 cm³/mol. The van der Waals surface area contributed by atoms with Crippen LogP contribution in [-0.2, 0) is 9.47 Å². The smallest absolute Gasteiger partial charge is 0.0897 e. The molecule has 0 aliphatic heterocycles. The van der Waals surface area contributed by atoms with Crippen molar-refractivity contribution in [2.75, 3.05) is 40.0 Å². The van der Waals surface area contributed by atoms with Crippen LogP contribution in [0.4, 0.5) is 0 Å². The molecule has 3 N–H and O–H groups in total. The molecular formula is C16H31NO4. The van der Waals surface area contributed by atoms with Gasteiger partial charge in [-0.25, -0.2) is 0 Å². The molecule has 0 spiro atoms. The number of methoxy groups -OCH3 is 1. The van der Waals surface area contributed by atoms with Crippen LogP contribution in [0.3, 0.4) is 0 Å². The second kappa shape index (κ2) is 11.2. The van der Waals surface area contributed by atoms with Gasteiger partial charge in [-0.05, 0) is 37.6 Å². The summed E-state index contributed by atoms with van der Waals surface area (Å²) in [4.78, 5) is 0. The Morgan fingerprint density at radius 1 is 1.19 bits per heavy atom. The fourth-order valence-electron chi connectivity index (χ4n) is 2.47. The van der Waals surface area contributed by atoms with Crippen molar-refractivity contribution < 1.29 is 19.7 Å². The highest BCUT2D eigenvalue weighted by molar-refractivity contribution is 4.93. The van der Waals surface area contributed by atoms with Gasteiger partial charge in [0, 0.05) is 13.7 Å². The summed E-state index contributed by atoms with van der Waals surface area (Å²) in [6.07, 6.45) is 6.33. The lowest BCUT2D eigenvalue weighted by atomic mass is 9.85. The number of hydrogen-bond donors (Lipinski definition) is 3. The van der Waals surface area contributed by atoms with E-state index in [-0.39, 0.29) is 0 Å². The van der Waals surface area contributed by atoms with Crippen molar-refractivity contribution >= 4 is 0 Å². The SMILES string of the molecule is COCC(O)CCNCC(O)COCC1CC=CCC1C. The van der Waals surface area contributed by atoms with Crippen LogP contribution in [0.1, 0.15) is 26.2 Å². The van der Waals surface area contributed by atoms with E-state index in [0.29, 0.717) is 44.6 Å². The molecule has 4 unspecified atom stereocenters. The minimum absolute atomic E-state index is 0.349. The minimum Gasteiger partial charge on any atom is -0.391 e. The zero-order valence-electron chi connectivity index (χ0n) is 13.3. The summed E-state index contributed by atoms with van der Waals surface area (Å²) >= 11 is 0. The molecular weight excluding hydrogens is 270 g/mol. The highest BCUT2D eigenvalue weighted by Crippen LogP contribution is 2.24. The maximum Gasteiger partial charge on any atom is 0.0897 e. The molecule has 5 heteroatoms. The zero-order chi connectivity index (χ0) is 15.5. The van der Waals surface area contributed by atoms with Gasteiger partial charge in [-0.2, -0.15) is 0 Å². The second-order valence-corrected chi connectivity index (χ2v) is 5.97. The van der Waals surface area contributed by atoms with Crippen molar-refractivity contribution in [2.24, 2.45) is 11.8 Å².